The predicted octanol–water partition coefficient (Wildman–Crippen LogP) is -8.22. The zero-order valence-electron chi connectivity index (χ0n) is 58.4. The number of nitrogens with one attached hydrogen (secondary N) is 5. The third kappa shape index (κ3) is 45.4. The van der Waals surface area contributed by atoms with Gasteiger partial charge in [-0.3, -0.25) is 92.7 Å². The lowest BCUT2D eigenvalue weighted by molar-refractivity contribution is -0.136. The number of aliphatic imine (C=N–C) groups is 8. The van der Waals surface area contributed by atoms with E-state index in [1.807, 2.05) is 0 Å². The van der Waals surface area contributed by atoms with Crippen molar-refractivity contribution in [1.29, 1.82) is 0 Å². The van der Waals surface area contributed by atoms with E-state index in [9.17, 15) is 47.9 Å². The molecule has 0 saturated heterocycles. The molecule has 42 heteroatoms. The quantitative estimate of drug-likeness (QED) is 0.0116. The number of carbonyl (C=O) groups excluding carboxylic acids is 11. The minimum atomic E-state index is -1.41. The first-order valence-corrected chi connectivity index (χ1v) is 34.1. The summed E-state index contributed by atoms with van der Waals surface area (Å²) in [6, 6.07) is -5.32. The van der Waals surface area contributed by atoms with Crippen molar-refractivity contribution in [1.82, 2.24) is 26.6 Å². The van der Waals surface area contributed by atoms with Gasteiger partial charge in [0.25, 0.3) is 0 Å². The minimum Gasteiger partial charge on any atom is -0.370 e. The third-order valence-electron chi connectivity index (χ3n) is 15.5. The highest BCUT2D eigenvalue weighted by Gasteiger charge is 2.36. The highest BCUT2D eigenvalue weighted by Crippen LogP contribution is 2.23. The fourth-order valence-electron chi connectivity index (χ4n) is 10.3. The molecule has 0 radical (unpaired) electrons. The molecule has 9 atom stereocenters. The Bertz CT molecular complexity index is 2950. The van der Waals surface area contributed by atoms with Crippen LogP contribution >= 0.6 is 12.6 Å². The summed E-state index contributed by atoms with van der Waals surface area (Å²) in [6.07, 6.45) is -1.74. The number of hydrogen-bond acceptors (Lipinski definition) is 20. The molecule has 0 unspecified atom stereocenters. The fourth-order valence-corrected chi connectivity index (χ4v) is 10.6. The largest absolute Gasteiger partial charge is 0.370 e. The van der Waals surface area contributed by atoms with Crippen molar-refractivity contribution in [2.45, 2.75) is 166 Å². The molecule has 0 heterocycles. The number of primary amides is 1. The summed E-state index contributed by atoms with van der Waals surface area (Å²) < 4.78 is 0. The van der Waals surface area contributed by atoms with E-state index in [0.717, 1.165) is 0 Å². The van der Waals surface area contributed by atoms with Crippen molar-refractivity contribution in [3.05, 3.63) is 0 Å². The number of amides is 6. The fraction of sp³-hybridized carbons (Fsp3) is 0.683. The van der Waals surface area contributed by atoms with E-state index >= 15 is 4.79 Å². The standard InChI is InChI=1S/C60H114N30O11S/c1-33(91)86-31-39(92)26-34(10-2-18-78-53(62)63)49(98)87-40(14-6-22-82-57(70)71)44(93)27-35(11-3-19-79-54(64)65)50(99)88-41(15-7-23-83-58(72)73)45(94)28-36(12-4-20-80-55(66)67)51(100)89-42(16-8-24-84-59(74)75)46(95)29-37(13-5-21-81-56(68)69)52(101)90-43(17-9-25-85-60(76)77)47(96)30-38(32-102)48(61)97/h34-38,40-43,102H,2-32H2,1H3,(H2,61,97)(H,86,91)(H,87,98)(H,88,99)(H,89,100)(H,90,101)(H4,62,63,78)(H4,64,65,79)(H4,66,67,80)(H4,68,69,81)(H4,70,71,82)(H4,72,73,83)(H4,74,75,84)(H4,76,77,85)/t34-,35-,36-,37-,38+,40+,41+,42+,43+/m0/s1. The van der Waals surface area contributed by atoms with Gasteiger partial charge < -0.3 is 124 Å². The average molecular weight is 1460 g/mol. The van der Waals surface area contributed by atoms with Gasteiger partial charge in [-0.25, -0.2) is 0 Å². The molecular formula is C60H114N30O11S. The van der Waals surface area contributed by atoms with Gasteiger partial charge in [-0.15, -0.1) is 0 Å². The number of carbonyl (C=O) groups is 11. The summed E-state index contributed by atoms with van der Waals surface area (Å²) in [6.45, 7) is 0.972. The van der Waals surface area contributed by atoms with Crippen molar-refractivity contribution in [3.8, 4) is 0 Å². The third-order valence-corrected chi connectivity index (χ3v) is 16.0. The van der Waals surface area contributed by atoms with Crippen LogP contribution in [0.1, 0.15) is 142 Å². The zero-order valence-corrected chi connectivity index (χ0v) is 59.3. The molecule has 6 amide bonds. The molecule has 39 N–H and O–H groups in total. The summed E-state index contributed by atoms with van der Waals surface area (Å²) >= 11 is 4.16. The Labute approximate surface area is 599 Å². The van der Waals surface area contributed by atoms with Crippen molar-refractivity contribution in [2.24, 2.45) is 167 Å². The smallest absolute Gasteiger partial charge is 0.224 e. The molecule has 0 aromatic carbocycles. The first-order valence-electron chi connectivity index (χ1n) is 33.5. The molecule has 41 nitrogen and oxygen atoms in total. The maximum absolute atomic E-state index is 15.0. The Morgan fingerprint density at radius 1 is 0.294 bits per heavy atom. The van der Waals surface area contributed by atoms with Crippen LogP contribution in [0.4, 0.5) is 0 Å². The number of nitrogens with two attached hydrogens (primary N) is 17. The van der Waals surface area contributed by atoms with Crippen LogP contribution in [0.3, 0.4) is 0 Å². The van der Waals surface area contributed by atoms with Gasteiger partial charge in [-0.2, -0.15) is 12.6 Å². The van der Waals surface area contributed by atoms with E-state index < -0.39 is 137 Å². The van der Waals surface area contributed by atoms with Crippen LogP contribution in [-0.4, -0.2) is 201 Å². The minimum absolute atomic E-state index is 0.00309. The molecule has 0 aromatic rings. The Morgan fingerprint density at radius 3 is 0.676 bits per heavy atom. The first-order chi connectivity index (χ1) is 48.1. The normalized spacial score (nSPS) is 13.4. The molecular weight excluding hydrogens is 1350 g/mol. The highest BCUT2D eigenvalue weighted by atomic mass is 32.1. The van der Waals surface area contributed by atoms with Gasteiger partial charge in [0, 0.05) is 121 Å². The van der Waals surface area contributed by atoms with E-state index in [-0.39, 0.29) is 228 Å². The van der Waals surface area contributed by atoms with Crippen molar-refractivity contribution in [3.63, 3.8) is 0 Å². The van der Waals surface area contributed by atoms with Crippen LogP contribution in [0.5, 0.6) is 0 Å². The predicted molar refractivity (Wildman–Crippen MR) is 394 cm³/mol. The Morgan fingerprint density at radius 2 is 0.490 bits per heavy atom. The Kier molecular flexibility index (Phi) is 47.3. The van der Waals surface area contributed by atoms with E-state index in [1.54, 1.807) is 0 Å². The molecule has 0 saturated carbocycles. The second kappa shape index (κ2) is 52.7. The lowest BCUT2D eigenvalue weighted by atomic mass is 9.88. The average Bonchev–Trinajstić information content (AvgIpc) is 0.853. The number of nitrogens with zero attached hydrogens (tertiary/aromatic N) is 8. The Balaban J connectivity index is 7.88. The first kappa shape index (κ1) is 91.7. The van der Waals surface area contributed by atoms with Gasteiger partial charge >= 0.3 is 0 Å². The number of rotatable bonds is 58. The summed E-state index contributed by atoms with van der Waals surface area (Å²) in [5, 5.41) is 13.5. The van der Waals surface area contributed by atoms with Crippen LogP contribution in [-0.2, 0) is 52.7 Å². The summed E-state index contributed by atoms with van der Waals surface area (Å²) in [5.41, 5.74) is 94.9. The second-order valence-corrected chi connectivity index (χ2v) is 24.6. The summed E-state index contributed by atoms with van der Waals surface area (Å²) in [5.74, 6) is -15.3. The molecule has 0 fully saturated rings. The molecule has 0 spiro atoms. The summed E-state index contributed by atoms with van der Waals surface area (Å²) in [7, 11) is 0. The lowest BCUT2D eigenvalue weighted by Crippen LogP contribution is -2.49. The molecule has 0 rings (SSSR count). The molecule has 0 aliphatic rings. The van der Waals surface area contributed by atoms with Crippen molar-refractivity contribution >= 4 is 125 Å². The maximum atomic E-state index is 15.0. The maximum Gasteiger partial charge on any atom is 0.224 e. The molecule has 0 aliphatic heterocycles. The molecule has 102 heavy (non-hydrogen) atoms. The van der Waals surface area contributed by atoms with Crippen LogP contribution in [0.25, 0.3) is 0 Å². The number of hydrogen-bond donors (Lipinski definition) is 23. The summed E-state index contributed by atoms with van der Waals surface area (Å²) in [4.78, 5) is 186. The van der Waals surface area contributed by atoms with E-state index in [0.29, 0.717) is 0 Å². The topological polar surface area (TPSA) is 789 Å². The van der Waals surface area contributed by atoms with E-state index in [2.05, 4.69) is 79.2 Å². The Hall–Kier alpha value is -10.3. The number of ketones is 5. The molecule has 576 valence electrons. The van der Waals surface area contributed by atoms with Gasteiger partial charge in [0.1, 0.15) is 0 Å². The second-order valence-electron chi connectivity index (χ2n) is 24.2. The monoisotopic (exact) mass is 1460 g/mol. The van der Waals surface area contributed by atoms with Crippen molar-refractivity contribution < 1.29 is 52.7 Å². The molecule has 0 bridgehead atoms. The number of guanidine groups is 8. The van der Waals surface area contributed by atoms with Gasteiger partial charge in [0.05, 0.1) is 36.6 Å². The zero-order chi connectivity index (χ0) is 77.3. The number of Topliss-reactive ketones (excluding diaryl/α,β-unsaturated/α-hetero) is 5. The van der Waals surface area contributed by atoms with Crippen LogP contribution in [0.2, 0.25) is 0 Å². The highest BCUT2D eigenvalue weighted by molar-refractivity contribution is 7.80. The van der Waals surface area contributed by atoms with Crippen molar-refractivity contribution in [2.75, 3.05) is 64.7 Å². The lowest BCUT2D eigenvalue weighted by Gasteiger charge is -2.27. The molecule has 0 aromatic heterocycles. The van der Waals surface area contributed by atoms with Gasteiger partial charge in [-0.1, -0.05) is 0 Å². The molecule has 0 aliphatic carbocycles. The van der Waals surface area contributed by atoms with Gasteiger partial charge in [0.2, 0.25) is 35.4 Å². The van der Waals surface area contributed by atoms with Gasteiger partial charge in [-0.05, 0) is 103 Å². The van der Waals surface area contributed by atoms with Crippen LogP contribution in [0.15, 0.2) is 39.9 Å². The number of thiol groups is 1. The van der Waals surface area contributed by atoms with E-state index in [4.69, 9.17) is 97.5 Å². The van der Waals surface area contributed by atoms with E-state index in [1.165, 1.54) is 6.92 Å². The van der Waals surface area contributed by atoms with Gasteiger partial charge in [0.15, 0.2) is 76.6 Å². The SMILES string of the molecule is CC(=O)NCC(=O)C[C@H](CCCN=C(N)N)C(=O)N[C@H](CCCN=C(N)N)C(=O)C[C@H](CCCN=C(N)N)C(=O)N[C@H](CCCN=C(N)N)C(=O)C[C@H](CCCN=C(N)N)C(=O)N[C@H](CCCN=C(N)N)C(=O)C[C@H](CCCN=C(N)N)C(=O)N[C@H](CCCN=C(N)N)C(=O)C[C@H](CS)C(N)=O. The van der Waals surface area contributed by atoms with Crippen LogP contribution in [0, 0.1) is 29.6 Å². The van der Waals surface area contributed by atoms with Crippen LogP contribution < -0.4 is 124 Å².